The topological polar surface area (TPSA) is 75.7 Å². The van der Waals surface area contributed by atoms with Gasteiger partial charge in [0.1, 0.15) is 5.52 Å². The molecule has 2 aromatic rings. The van der Waals surface area contributed by atoms with E-state index in [1.807, 2.05) is 0 Å². The van der Waals surface area contributed by atoms with E-state index in [4.69, 9.17) is 4.74 Å². The maximum absolute atomic E-state index is 5.79. The van der Waals surface area contributed by atoms with Crippen LogP contribution in [0.15, 0.2) is 6.33 Å². The van der Waals surface area contributed by atoms with E-state index in [-0.39, 0.29) is 0 Å². The van der Waals surface area contributed by atoms with Crippen LogP contribution in [0, 0.1) is 5.92 Å². The van der Waals surface area contributed by atoms with E-state index >= 15 is 0 Å². The highest BCUT2D eigenvalue weighted by Crippen LogP contribution is 2.32. The Bertz CT molecular complexity index is 549. The predicted molar refractivity (Wildman–Crippen MR) is 73.3 cm³/mol. The van der Waals surface area contributed by atoms with Crippen molar-refractivity contribution in [3.63, 3.8) is 0 Å². The summed E-state index contributed by atoms with van der Waals surface area (Å²) in [5.74, 6) is 2.04. The van der Waals surface area contributed by atoms with E-state index in [0.29, 0.717) is 24.1 Å². The molecule has 0 bridgehead atoms. The molecule has 0 amide bonds. The zero-order valence-corrected chi connectivity index (χ0v) is 11.1. The molecule has 19 heavy (non-hydrogen) atoms. The Morgan fingerprint density at radius 2 is 2.32 bits per heavy atom. The lowest BCUT2D eigenvalue weighted by Crippen LogP contribution is -2.07. The van der Waals surface area contributed by atoms with Gasteiger partial charge in [0, 0.05) is 6.54 Å². The zero-order valence-electron chi connectivity index (χ0n) is 11.1. The highest BCUT2D eigenvalue weighted by molar-refractivity contribution is 5.76. The Labute approximate surface area is 112 Å². The first-order chi connectivity index (χ1) is 9.36. The molecule has 0 unspecified atom stereocenters. The quantitative estimate of drug-likeness (QED) is 0.800. The van der Waals surface area contributed by atoms with Crippen LogP contribution >= 0.6 is 0 Å². The molecule has 102 valence electrons. The predicted octanol–water partition coefficient (Wildman–Crippen LogP) is 2.35. The summed E-state index contributed by atoms with van der Waals surface area (Å²) in [6.07, 6.45) is 6.44. The number of imidazole rings is 1. The Morgan fingerprint density at radius 3 is 3.11 bits per heavy atom. The van der Waals surface area contributed by atoms with E-state index in [9.17, 15) is 0 Å². The molecule has 1 saturated carbocycles. The van der Waals surface area contributed by atoms with Crippen LogP contribution in [-0.2, 0) is 0 Å². The molecule has 0 atom stereocenters. The molecule has 2 aromatic heterocycles. The van der Waals surface area contributed by atoms with E-state index in [1.54, 1.807) is 6.33 Å². The summed E-state index contributed by atoms with van der Waals surface area (Å²) in [6.45, 7) is 3.66. The maximum atomic E-state index is 5.79. The highest BCUT2D eigenvalue weighted by atomic mass is 16.5. The first-order valence-corrected chi connectivity index (χ1v) is 6.94. The van der Waals surface area contributed by atoms with Crippen LogP contribution in [0.3, 0.4) is 0 Å². The minimum atomic E-state index is 0.586. The van der Waals surface area contributed by atoms with Crippen molar-refractivity contribution in [2.24, 2.45) is 5.92 Å². The van der Waals surface area contributed by atoms with Gasteiger partial charge in [0.2, 0.25) is 11.8 Å². The standard InChI is InChI=1S/C13H19N5O/c1-2-6-14-13-17-11-10(15-8-16-11)12(18-13)19-7-5-9-3-4-9/h8-9H,2-7H2,1H3,(H2,14,15,16,17,18). The van der Waals surface area contributed by atoms with Gasteiger partial charge in [-0.05, 0) is 18.8 Å². The fourth-order valence-electron chi connectivity index (χ4n) is 1.96. The van der Waals surface area contributed by atoms with Gasteiger partial charge in [-0.2, -0.15) is 9.97 Å². The second-order valence-electron chi connectivity index (χ2n) is 4.96. The number of hydrogen-bond acceptors (Lipinski definition) is 5. The molecule has 1 aliphatic rings. The number of nitrogens with zero attached hydrogens (tertiary/aromatic N) is 3. The number of aromatic amines is 1. The number of aromatic nitrogens is 4. The Hall–Kier alpha value is -1.85. The fourth-order valence-corrected chi connectivity index (χ4v) is 1.96. The molecule has 0 spiro atoms. The van der Waals surface area contributed by atoms with Crippen LogP contribution < -0.4 is 10.1 Å². The molecule has 6 nitrogen and oxygen atoms in total. The van der Waals surface area contributed by atoms with Gasteiger partial charge >= 0.3 is 0 Å². The van der Waals surface area contributed by atoms with Gasteiger partial charge in [0.25, 0.3) is 0 Å². The largest absolute Gasteiger partial charge is 0.476 e. The smallest absolute Gasteiger partial charge is 0.245 e. The summed E-state index contributed by atoms with van der Waals surface area (Å²) in [7, 11) is 0. The third-order valence-corrected chi connectivity index (χ3v) is 3.25. The number of nitrogens with one attached hydrogen (secondary N) is 2. The van der Waals surface area contributed by atoms with Gasteiger partial charge in [0.15, 0.2) is 5.65 Å². The van der Waals surface area contributed by atoms with Crippen LogP contribution in [0.4, 0.5) is 5.95 Å². The normalized spacial score (nSPS) is 14.8. The third kappa shape index (κ3) is 2.94. The lowest BCUT2D eigenvalue weighted by molar-refractivity contribution is 0.294. The lowest BCUT2D eigenvalue weighted by atomic mass is 10.3. The first kappa shape index (κ1) is 12.2. The monoisotopic (exact) mass is 261 g/mol. The summed E-state index contributed by atoms with van der Waals surface area (Å²) in [5.41, 5.74) is 1.42. The SMILES string of the molecule is CCCNc1nc(OCCC2CC2)c2[nH]cnc2n1. The number of ether oxygens (including phenoxy) is 1. The molecule has 6 heteroatoms. The van der Waals surface area contributed by atoms with Crippen molar-refractivity contribution in [3.05, 3.63) is 6.33 Å². The minimum absolute atomic E-state index is 0.586. The number of H-pyrrole nitrogens is 1. The minimum Gasteiger partial charge on any atom is -0.476 e. The molecule has 1 aliphatic carbocycles. The van der Waals surface area contributed by atoms with Crippen molar-refractivity contribution in [2.75, 3.05) is 18.5 Å². The molecule has 0 aromatic carbocycles. The van der Waals surface area contributed by atoms with Gasteiger partial charge in [-0.1, -0.05) is 19.8 Å². The number of rotatable bonds is 7. The van der Waals surface area contributed by atoms with E-state index < -0.39 is 0 Å². The number of fused-ring (bicyclic) bond motifs is 1. The van der Waals surface area contributed by atoms with E-state index in [0.717, 1.165) is 30.8 Å². The molecular formula is C13H19N5O. The Morgan fingerprint density at radius 1 is 1.42 bits per heavy atom. The van der Waals surface area contributed by atoms with Gasteiger partial charge in [-0.15, -0.1) is 0 Å². The van der Waals surface area contributed by atoms with Crippen molar-refractivity contribution in [2.45, 2.75) is 32.6 Å². The van der Waals surface area contributed by atoms with Crippen molar-refractivity contribution in [1.82, 2.24) is 19.9 Å². The van der Waals surface area contributed by atoms with Gasteiger partial charge in [-0.3, -0.25) is 0 Å². The third-order valence-electron chi connectivity index (χ3n) is 3.25. The summed E-state index contributed by atoms with van der Waals surface area (Å²) in [5, 5.41) is 3.17. The summed E-state index contributed by atoms with van der Waals surface area (Å²) >= 11 is 0. The van der Waals surface area contributed by atoms with Crippen molar-refractivity contribution in [3.8, 4) is 5.88 Å². The van der Waals surface area contributed by atoms with Gasteiger partial charge in [0.05, 0.1) is 12.9 Å². The van der Waals surface area contributed by atoms with E-state index in [1.165, 1.54) is 12.8 Å². The Balaban J connectivity index is 1.75. The molecule has 3 rings (SSSR count). The zero-order chi connectivity index (χ0) is 13.1. The van der Waals surface area contributed by atoms with Crippen molar-refractivity contribution < 1.29 is 4.74 Å². The highest BCUT2D eigenvalue weighted by Gasteiger charge is 2.21. The molecule has 1 fully saturated rings. The number of hydrogen-bond donors (Lipinski definition) is 2. The van der Waals surface area contributed by atoms with Crippen LogP contribution in [0.5, 0.6) is 5.88 Å². The molecular weight excluding hydrogens is 242 g/mol. The molecule has 0 aliphatic heterocycles. The molecule has 0 saturated heterocycles. The fraction of sp³-hybridized carbons (Fsp3) is 0.615. The molecule has 2 N–H and O–H groups in total. The Kier molecular flexibility index (Phi) is 3.48. The van der Waals surface area contributed by atoms with Crippen molar-refractivity contribution in [1.29, 1.82) is 0 Å². The van der Waals surface area contributed by atoms with Crippen LogP contribution in [-0.4, -0.2) is 33.1 Å². The number of anilines is 1. The van der Waals surface area contributed by atoms with E-state index in [2.05, 4.69) is 32.2 Å². The summed E-state index contributed by atoms with van der Waals surface area (Å²) in [6, 6.07) is 0. The lowest BCUT2D eigenvalue weighted by Gasteiger charge is -2.08. The summed E-state index contributed by atoms with van der Waals surface area (Å²) in [4.78, 5) is 16.0. The second-order valence-corrected chi connectivity index (χ2v) is 4.96. The van der Waals surface area contributed by atoms with Crippen LogP contribution in [0.25, 0.3) is 11.2 Å². The molecule has 2 heterocycles. The van der Waals surface area contributed by atoms with Crippen molar-refractivity contribution >= 4 is 17.1 Å². The van der Waals surface area contributed by atoms with Gasteiger partial charge in [-0.25, -0.2) is 4.98 Å². The second kappa shape index (κ2) is 5.42. The average Bonchev–Trinajstić information content (AvgIpc) is 3.12. The first-order valence-electron chi connectivity index (χ1n) is 6.94. The van der Waals surface area contributed by atoms with Gasteiger partial charge < -0.3 is 15.0 Å². The maximum Gasteiger partial charge on any atom is 0.245 e. The molecule has 0 radical (unpaired) electrons. The van der Waals surface area contributed by atoms with Crippen LogP contribution in [0.2, 0.25) is 0 Å². The van der Waals surface area contributed by atoms with Crippen LogP contribution in [0.1, 0.15) is 32.6 Å². The summed E-state index contributed by atoms with van der Waals surface area (Å²) < 4.78 is 5.79. The average molecular weight is 261 g/mol.